The summed E-state index contributed by atoms with van der Waals surface area (Å²) in [6, 6.07) is 11.6. The number of alkyl carbamates (subject to hydrolysis) is 1. The van der Waals surface area contributed by atoms with Crippen molar-refractivity contribution in [3.05, 3.63) is 83.7 Å². The maximum atomic E-state index is 15.0. The molecule has 2 amide bonds. The molecule has 2 atom stereocenters. The molecule has 8 nitrogen and oxygen atoms in total. The molecule has 1 heterocycles. The van der Waals surface area contributed by atoms with Gasteiger partial charge in [-0.1, -0.05) is 51.1 Å². The Labute approximate surface area is 273 Å². The first-order valence-electron chi connectivity index (χ1n) is 15.3. The van der Waals surface area contributed by atoms with E-state index in [0.717, 1.165) is 30.7 Å². The second-order valence-corrected chi connectivity index (χ2v) is 13.4. The lowest BCUT2D eigenvalue weighted by Gasteiger charge is -2.41. The van der Waals surface area contributed by atoms with E-state index in [0.29, 0.717) is 11.3 Å². The summed E-state index contributed by atoms with van der Waals surface area (Å²) in [5.41, 5.74) is 0.0260. The van der Waals surface area contributed by atoms with Gasteiger partial charge in [0.15, 0.2) is 6.61 Å². The minimum absolute atomic E-state index is 0.00263. The van der Waals surface area contributed by atoms with Gasteiger partial charge in [-0.25, -0.2) is 22.4 Å². The molecule has 0 saturated heterocycles. The fourth-order valence-corrected chi connectivity index (χ4v) is 5.25. The van der Waals surface area contributed by atoms with Crippen LogP contribution in [0.1, 0.15) is 72.2 Å². The van der Waals surface area contributed by atoms with Crippen LogP contribution in [0.15, 0.2) is 60.8 Å². The summed E-state index contributed by atoms with van der Waals surface area (Å²) < 4.78 is 69.7. The van der Waals surface area contributed by atoms with Gasteiger partial charge in [0.2, 0.25) is 0 Å². The Morgan fingerprint density at radius 3 is 2.19 bits per heavy atom. The van der Waals surface area contributed by atoms with Crippen LogP contribution < -0.4 is 5.32 Å². The quantitative estimate of drug-likeness (QED) is 0.160. The molecule has 3 aromatic rings. The fourth-order valence-electron chi connectivity index (χ4n) is 5.25. The Morgan fingerprint density at radius 1 is 0.957 bits per heavy atom. The molecule has 3 rings (SSSR count). The SMILES string of the molecule is CC(=O)OCC(=O)N(CC[C@@H](NC(=O)OC(C)(C)C)C(F)F)[C@@H](c1cc(-c2cc(F)ccc2F)cn1Cc1ccccc1)C(C)(C)C. The molecule has 256 valence electrons. The van der Waals surface area contributed by atoms with Gasteiger partial charge in [-0.2, -0.15) is 0 Å². The number of aromatic nitrogens is 1. The van der Waals surface area contributed by atoms with Crippen LogP contribution in [0.3, 0.4) is 0 Å². The lowest BCUT2D eigenvalue weighted by atomic mass is 9.82. The Hall–Kier alpha value is -4.35. The first-order valence-corrected chi connectivity index (χ1v) is 15.3. The number of nitrogens with zero attached hydrogens (tertiary/aromatic N) is 2. The molecule has 0 aliphatic rings. The van der Waals surface area contributed by atoms with Crippen LogP contribution in [0.25, 0.3) is 11.1 Å². The standard InChI is InChI=1S/C35H43F4N3O5/c1-22(43)46-21-30(44)42(16-15-28(32(38)39)40-33(45)47-35(5,6)7)31(34(2,3)4)29-17-24(26-18-25(36)13-14-27(26)37)20-41(29)19-23-11-9-8-10-12-23/h8-14,17-18,20,28,31-32H,15-16,19,21H2,1-7H3,(H,40,45)/t28-,31+/m1/s1. The molecule has 47 heavy (non-hydrogen) atoms. The Balaban J connectivity index is 2.14. The molecule has 0 saturated carbocycles. The first kappa shape index (κ1) is 37.1. The number of nitrogens with one attached hydrogen (secondary N) is 1. The normalized spacial score (nSPS) is 13.2. The van der Waals surface area contributed by atoms with Gasteiger partial charge in [-0.3, -0.25) is 9.59 Å². The number of carbonyl (C=O) groups excluding carboxylic acids is 3. The second-order valence-electron chi connectivity index (χ2n) is 13.4. The number of alkyl halides is 2. The van der Waals surface area contributed by atoms with Crippen LogP contribution in [0.2, 0.25) is 0 Å². The highest BCUT2D eigenvalue weighted by molar-refractivity contribution is 5.80. The zero-order chi connectivity index (χ0) is 35.1. The number of amides is 2. The minimum atomic E-state index is -2.99. The van der Waals surface area contributed by atoms with E-state index in [1.54, 1.807) is 37.6 Å². The highest BCUT2D eigenvalue weighted by Gasteiger charge is 2.38. The molecule has 1 aromatic heterocycles. The number of halogens is 4. The maximum absolute atomic E-state index is 15.0. The Kier molecular flexibility index (Phi) is 12.2. The summed E-state index contributed by atoms with van der Waals surface area (Å²) in [6.45, 7) is 10.8. The van der Waals surface area contributed by atoms with E-state index in [1.165, 1.54) is 4.90 Å². The highest BCUT2D eigenvalue weighted by Crippen LogP contribution is 2.41. The predicted molar refractivity (Wildman–Crippen MR) is 170 cm³/mol. The van der Waals surface area contributed by atoms with Crippen molar-refractivity contribution in [2.75, 3.05) is 13.2 Å². The van der Waals surface area contributed by atoms with Crippen molar-refractivity contribution < 1.29 is 41.4 Å². The lowest BCUT2D eigenvalue weighted by Crippen LogP contribution is -2.48. The fraction of sp³-hybridized carbons (Fsp3) is 0.457. The highest BCUT2D eigenvalue weighted by atomic mass is 19.3. The minimum Gasteiger partial charge on any atom is -0.456 e. The summed E-state index contributed by atoms with van der Waals surface area (Å²) in [4.78, 5) is 39.1. The van der Waals surface area contributed by atoms with Crippen LogP contribution in [0.4, 0.5) is 22.4 Å². The molecule has 0 spiro atoms. The van der Waals surface area contributed by atoms with Gasteiger partial charge in [0.1, 0.15) is 17.2 Å². The van der Waals surface area contributed by atoms with Crippen molar-refractivity contribution in [3.63, 3.8) is 0 Å². The molecular weight excluding hydrogens is 618 g/mol. The molecule has 2 aromatic carbocycles. The number of hydrogen-bond donors (Lipinski definition) is 1. The number of carbonyl (C=O) groups is 3. The number of rotatable bonds is 12. The molecule has 0 aliphatic heterocycles. The van der Waals surface area contributed by atoms with Crippen LogP contribution >= 0.6 is 0 Å². The average molecular weight is 662 g/mol. The van der Waals surface area contributed by atoms with Gasteiger partial charge in [-0.05, 0) is 62.4 Å². The third kappa shape index (κ3) is 10.9. The molecule has 0 fully saturated rings. The van der Waals surface area contributed by atoms with E-state index < -0.39 is 65.7 Å². The van der Waals surface area contributed by atoms with Crippen molar-refractivity contribution >= 4 is 18.0 Å². The summed E-state index contributed by atoms with van der Waals surface area (Å²) in [5, 5.41) is 2.20. The number of benzene rings is 2. The molecule has 0 bridgehead atoms. The van der Waals surface area contributed by atoms with Gasteiger partial charge < -0.3 is 24.3 Å². The Bertz CT molecular complexity index is 1530. The van der Waals surface area contributed by atoms with Gasteiger partial charge >= 0.3 is 12.1 Å². The largest absolute Gasteiger partial charge is 0.456 e. The monoisotopic (exact) mass is 661 g/mol. The van der Waals surface area contributed by atoms with Crippen LogP contribution in [0.5, 0.6) is 0 Å². The molecule has 12 heteroatoms. The second kappa shape index (κ2) is 15.5. The summed E-state index contributed by atoms with van der Waals surface area (Å²) in [7, 11) is 0. The van der Waals surface area contributed by atoms with Crippen molar-refractivity contribution in [1.82, 2.24) is 14.8 Å². The van der Waals surface area contributed by atoms with Crippen molar-refractivity contribution in [1.29, 1.82) is 0 Å². The maximum Gasteiger partial charge on any atom is 0.408 e. The molecule has 0 unspecified atom stereocenters. The van der Waals surface area contributed by atoms with Crippen molar-refractivity contribution in [2.24, 2.45) is 5.41 Å². The van der Waals surface area contributed by atoms with E-state index in [9.17, 15) is 27.6 Å². The van der Waals surface area contributed by atoms with Gasteiger partial charge in [0.05, 0.1) is 12.1 Å². The molecule has 1 N–H and O–H groups in total. The zero-order valence-corrected chi connectivity index (χ0v) is 27.8. The van der Waals surface area contributed by atoms with Gasteiger partial charge in [0, 0.05) is 43.0 Å². The van der Waals surface area contributed by atoms with Crippen molar-refractivity contribution in [2.45, 2.75) is 85.5 Å². The van der Waals surface area contributed by atoms with Crippen LogP contribution in [-0.4, -0.2) is 58.7 Å². The Morgan fingerprint density at radius 2 is 1.62 bits per heavy atom. The summed E-state index contributed by atoms with van der Waals surface area (Å²) in [5.74, 6) is -2.67. The zero-order valence-electron chi connectivity index (χ0n) is 27.8. The predicted octanol–water partition coefficient (Wildman–Crippen LogP) is 7.51. The van der Waals surface area contributed by atoms with E-state index in [4.69, 9.17) is 9.47 Å². The topological polar surface area (TPSA) is 89.9 Å². The van der Waals surface area contributed by atoms with E-state index >= 15 is 4.39 Å². The summed E-state index contributed by atoms with van der Waals surface area (Å²) >= 11 is 0. The van der Waals surface area contributed by atoms with Crippen LogP contribution in [-0.2, 0) is 25.6 Å². The van der Waals surface area contributed by atoms with E-state index in [2.05, 4.69) is 5.32 Å². The van der Waals surface area contributed by atoms with Gasteiger partial charge in [-0.15, -0.1) is 0 Å². The molecule has 0 aliphatic carbocycles. The average Bonchev–Trinajstić information content (AvgIpc) is 3.35. The van der Waals surface area contributed by atoms with Crippen LogP contribution in [0, 0.1) is 17.0 Å². The third-order valence-corrected chi connectivity index (χ3v) is 7.18. The molecular formula is C35H43F4N3O5. The number of ether oxygens (including phenoxy) is 2. The smallest absolute Gasteiger partial charge is 0.408 e. The molecule has 0 radical (unpaired) electrons. The number of esters is 1. The van der Waals surface area contributed by atoms with E-state index in [-0.39, 0.29) is 25.1 Å². The van der Waals surface area contributed by atoms with E-state index in [1.807, 2.05) is 51.1 Å². The first-order chi connectivity index (χ1) is 21.9. The lowest BCUT2D eigenvalue weighted by molar-refractivity contribution is -0.153. The van der Waals surface area contributed by atoms with Crippen molar-refractivity contribution in [3.8, 4) is 11.1 Å². The van der Waals surface area contributed by atoms with Gasteiger partial charge in [0.25, 0.3) is 12.3 Å². The third-order valence-electron chi connectivity index (χ3n) is 7.18. The summed E-state index contributed by atoms with van der Waals surface area (Å²) in [6.07, 6.45) is -2.75. The number of hydrogen-bond acceptors (Lipinski definition) is 5.